The first-order chi connectivity index (χ1) is 12.6. The third kappa shape index (κ3) is 2.61. The molecule has 1 aromatic carbocycles. The Morgan fingerprint density at radius 2 is 1.92 bits per heavy atom. The van der Waals surface area contributed by atoms with Crippen molar-refractivity contribution in [1.82, 2.24) is 30.0 Å². The van der Waals surface area contributed by atoms with Crippen LogP contribution in [0.5, 0.6) is 0 Å². The molecule has 4 rings (SSSR count). The molecule has 130 valence electrons. The van der Waals surface area contributed by atoms with Crippen LogP contribution in [0.15, 0.2) is 61.3 Å². The second kappa shape index (κ2) is 6.07. The maximum absolute atomic E-state index is 12.9. The van der Waals surface area contributed by atoms with Crippen molar-refractivity contribution in [2.75, 3.05) is 0 Å². The van der Waals surface area contributed by atoms with Gasteiger partial charge >= 0.3 is 6.03 Å². The zero-order valence-electron chi connectivity index (χ0n) is 14.0. The van der Waals surface area contributed by atoms with Gasteiger partial charge in [0.1, 0.15) is 0 Å². The molecular formula is C18H16N6O2. The molecule has 1 N–H and O–H groups in total. The highest BCUT2D eigenvalue weighted by atomic mass is 16.2. The Balaban J connectivity index is 1.57. The lowest BCUT2D eigenvalue weighted by Gasteiger charge is -2.20. The van der Waals surface area contributed by atoms with Crippen LogP contribution in [0.3, 0.4) is 0 Å². The van der Waals surface area contributed by atoms with Gasteiger partial charge in [-0.3, -0.25) is 19.7 Å². The number of hydrogen-bond donors (Lipinski definition) is 1. The quantitative estimate of drug-likeness (QED) is 0.724. The van der Waals surface area contributed by atoms with Crippen molar-refractivity contribution in [2.24, 2.45) is 0 Å². The van der Waals surface area contributed by atoms with Gasteiger partial charge in [0.25, 0.3) is 5.91 Å². The van der Waals surface area contributed by atoms with Crippen LogP contribution in [0.2, 0.25) is 0 Å². The van der Waals surface area contributed by atoms with Gasteiger partial charge in [-0.15, -0.1) is 0 Å². The van der Waals surface area contributed by atoms with Crippen molar-refractivity contribution >= 4 is 11.9 Å². The first kappa shape index (κ1) is 15.9. The van der Waals surface area contributed by atoms with E-state index < -0.39 is 11.6 Å². The van der Waals surface area contributed by atoms with Gasteiger partial charge in [0.15, 0.2) is 5.54 Å². The molecule has 1 fully saturated rings. The lowest BCUT2D eigenvalue weighted by atomic mass is 9.98. The Morgan fingerprint density at radius 3 is 2.65 bits per heavy atom. The minimum absolute atomic E-state index is 0.132. The first-order valence-corrected chi connectivity index (χ1v) is 8.07. The van der Waals surface area contributed by atoms with E-state index in [4.69, 9.17) is 0 Å². The molecule has 2 aromatic heterocycles. The van der Waals surface area contributed by atoms with Crippen molar-refractivity contribution in [1.29, 1.82) is 0 Å². The number of para-hydroxylation sites is 1. The molecular weight excluding hydrogens is 332 g/mol. The molecule has 1 unspecified atom stereocenters. The second-order valence-electron chi connectivity index (χ2n) is 6.17. The highest BCUT2D eigenvalue weighted by molar-refractivity contribution is 6.06. The van der Waals surface area contributed by atoms with Crippen LogP contribution in [0, 0.1) is 0 Å². The van der Waals surface area contributed by atoms with E-state index in [2.05, 4.69) is 20.4 Å². The number of nitrogens with one attached hydrogen (secondary N) is 1. The summed E-state index contributed by atoms with van der Waals surface area (Å²) in [5, 5.41) is 7.01. The molecule has 0 radical (unpaired) electrons. The molecule has 1 saturated heterocycles. The highest BCUT2D eigenvalue weighted by Crippen LogP contribution is 2.28. The Bertz CT molecular complexity index is 956. The van der Waals surface area contributed by atoms with Gasteiger partial charge in [0.2, 0.25) is 0 Å². The summed E-state index contributed by atoms with van der Waals surface area (Å²) in [5.41, 5.74) is 0.836. The monoisotopic (exact) mass is 348 g/mol. The summed E-state index contributed by atoms with van der Waals surface area (Å²) < 4.78 is 1.70. The van der Waals surface area contributed by atoms with Crippen LogP contribution in [0.4, 0.5) is 4.79 Å². The van der Waals surface area contributed by atoms with Crippen molar-refractivity contribution in [3.8, 4) is 5.69 Å². The molecule has 0 spiro atoms. The lowest BCUT2D eigenvalue weighted by Crippen LogP contribution is -2.41. The average molecular weight is 348 g/mol. The number of benzene rings is 1. The summed E-state index contributed by atoms with van der Waals surface area (Å²) in [5.74, 6) is -0.365. The number of carbonyl (C=O) groups excluding carboxylic acids is 2. The van der Waals surface area contributed by atoms with E-state index >= 15 is 0 Å². The number of aromatic nitrogens is 4. The summed E-state index contributed by atoms with van der Waals surface area (Å²) >= 11 is 0. The predicted molar refractivity (Wildman–Crippen MR) is 92.0 cm³/mol. The maximum Gasteiger partial charge on any atom is 0.325 e. The van der Waals surface area contributed by atoms with E-state index in [1.165, 1.54) is 23.5 Å². The van der Waals surface area contributed by atoms with E-state index in [1.54, 1.807) is 24.0 Å². The minimum Gasteiger partial charge on any atom is -0.318 e. The standard InChI is InChI=1S/C18H16N6O2/c1-18(15-10-19-7-8-20-15)16(25)23(17(26)22-18)11-13-9-21-24(12-13)14-5-3-2-4-6-14/h2-10,12H,11H2,1H3,(H,22,26). The van der Waals surface area contributed by atoms with Gasteiger partial charge < -0.3 is 5.32 Å². The molecule has 1 aliphatic rings. The number of amides is 3. The maximum atomic E-state index is 12.9. The van der Waals surface area contributed by atoms with Crippen LogP contribution in [-0.2, 0) is 16.9 Å². The van der Waals surface area contributed by atoms with Gasteiger partial charge in [-0.05, 0) is 19.1 Å². The summed E-state index contributed by atoms with van der Waals surface area (Å²) in [6.45, 7) is 1.76. The normalized spacial score (nSPS) is 19.7. The third-order valence-corrected chi connectivity index (χ3v) is 4.35. The molecule has 1 aliphatic heterocycles. The van der Waals surface area contributed by atoms with Gasteiger partial charge in [-0.1, -0.05) is 18.2 Å². The first-order valence-electron chi connectivity index (χ1n) is 8.07. The molecule has 3 aromatic rings. The summed E-state index contributed by atoms with van der Waals surface area (Å²) in [6.07, 6.45) is 7.94. The van der Waals surface area contributed by atoms with Gasteiger partial charge in [0.05, 0.1) is 30.3 Å². The van der Waals surface area contributed by atoms with Crippen molar-refractivity contribution in [3.05, 3.63) is 72.6 Å². The number of urea groups is 1. The zero-order chi connectivity index (χ0) is 18.1. The summed E-state index contributed by atoms with van der Waals surface area (Å²) in [7, 11) is 0. The molecule has 3 heterocycles. The second-order valence-corrected chi connectivity index (χ2v) is 6.17. The molecule has 26 heavy (non-hydrogen) atoms. The molecule has 0 aliphatic carbocycles. The predicted octanol–water partition coefficient (Wildman–Crippen LogP) is 1.63. The molecule has 0 bridgehead atoms. The number of rotatable bonds is 4. The minimum atomic E-state index is -1.22. The molecule has 8 nitrogen and oxygen atoms in total. The Hall–Kier alpha value is -3.55. The van der Waals surface area contributed by atoms with Crippen molar-refractivity contribution in [3.63, 3.8) is 0 Å². The smallest absolute Gasteiger partial charge is 0.318 e. The van der Waals surface area contributed by atoms with E-state index in [0.717, 1.165) is 11.3 Å². The van der Waals surface area contributed by atoms with Crippen molar-refractivity contribution in [2.45, 2.75) is 19.0 Å². The SMILES string of the molecule is CC1(c2cnccn2)NC(=O)N(Cc2cnn(-c3ccccc3)c2)C1=O. The van der Waals surface area contributed by atoms with Crippen LogP contribution in [0.25, 0.3) is 5.69 Å². The number of imide groups is 1. The number of nitrogens with zero attached hydrogens (tertiary/aromatic N) is 5. The third-order valence-electron chi connectivity index (χ3n) is 4.35. The van der Waals surface area contributed by atoms with Crippen molar-refractivity contribution < 1.29 is 9.59 Å². The summed E-state index contributed by atoms with van der Waals surface area (Å²) in [6, 6.07) is 9.15. The summed E-state index contributed by atoms with van der Waals surface area (Å²) in [4.78, 5) is 34.6. The largest absolute Gasteiger partial charge is 0.325 e. The Kier molecular flexibility index (Phi) is 3.72. The topological polar surface area (TPSA) is 93.0 Å². The fourth-order valence-corrected chi connectivity index (χ4v) is 2.92. The van der Waals surface area contributed by atoms with Gasteiger partial charge in [-0.2, -0.15) is 5.10 Å². The molecule has 0 saturated carbocycles. The number of hydrogen-bond acceptors (Lipinski definition) is 5. The molecule has 3 amide bonds. The van der Waals surface area contributed by atoms with Crippen LogP contribution < -0.4 is 5.32 Å². The zero-order valence-corrected chi connectivity index (χ0v) is 14.0. The average Bonchev–Trinajstić information content (AvgIpc) is 3.23. The highest BCUT2D eigenvalue weighted by Gasteiger charge is 2.50. The van der Waals surface area contributed by atoms with E-state index in [0.29, 0.717) is 5.69 Å². The lowest BCUT2D eigenvalue weighted by molar-refractivity contribution is -0.131. The fourth-order valence-electron chi connectivity index (χ4n) is 2.92. The van der Waals surface area contributed by atoms with Crippen LogP contribution in [-0.4, -0.2) is 36.6 Å². The van der Waals surface area contributed by atoms with Crippen LogP contribution in [0.1, 0.15) is 18.2 Å². The molecule has 8 heteroatoms. The Morgan fingerprint density at radius 1 is 1.12 bits per heavy atom. The van der Waals surface area contributed by atoms with E-state index in [-0.39, 0.29) is 12.5 Å². The fraction of sp³-hybridized carbons (Fsp3) is 0.167. The van der Waals surface area contributed by atoms with E-state index in [9.17, 15) is 9.59 Å². The van der Waals surface area contributed by atoms with Crippen LogP contribution >= 0.6 is 0 Å². The Labute approximate surface area is 149 Å². The van der Waals surface area contributed by atoms with Gasteiger partial charge in [0, 0.05) is 24.2 Å². The molecule has 1 atom stereocenters. The number of carbonyl (C=O) groups is 2. The van der Waals surface area contributed by atoms with E-state index in [1.807, 2.05) is 30.3 Å². The van der Waals surface area contributed by atoms with Gasteiger partial charge in [-0.25, -0.2) is 9.48 Å².